The van der Waals surface area contributed by atoms with Gasteiger partial charge in [-0.2, -0.15) is 0 Å². The van der Waals surface area contributed by atoms with Crippen LogP contribution in [0, 0.1) is 0 Å². The van der Waals surface area contributed by atoms with Crippen LogP contribution in [0.1, 0.15) is 6.42 Å². The van der Waals surface area contributed by atoms with E-state index in [1.54, 1.807) is 0 Å². The van der Waals surface area contributed by atoms with Crippen molar-refractivity contribution in [1.29, 1.82) is 0 Å². The van der Waals surface area contributed by atoms with Gasteiger partial charge in [-0.05, 0) is 27.1 Å². The molecule has 0 rings (SSSR count). The molecule has 7 nitrogen and oxygen atoms in total. The van der Waals surface area contributed by atoms with E-state index < -0.39 is 27.8 Å². The lowest BCUT2D eigenvalue weighted by molar-refractivity contribution is -0.137. The number of rotatable bonds is 8. The van der Waals surface area contributed by atoms with Gasteiger partial charge in [0, 0.05) is 6.54 Å². The number of carboxylic acids is 1. The molecule has 16 heavy (non-hydrogen) atoms. The van der Waals surface area contributed by atoms with E-state index in [2.05, 4.69) is 4.72 Å². The van der Waals surface area contributed by atoms with E-state index in [1.807, 2.05) is 19.0 Å². The van der Waals surface area contributed by atoms with Gasteiger partial charge >= 0.3 is 5.97 Å². The van der Waals surface area contributed by atoms with Crippen molar-refractivity contribution in [2.45, 2.75) is 12.5 Å². The summed E-state index contributed by atoms with van der Waals surface area (Å²) in [6.07, 6.45) is 0.661. The average Bonchev–Trinajstić information content (AvgIpc) is 2.11. The van der Waals surface area contributed by atoms with Crippen molar-refractivity contribution in [2.75, 3.05) is 32.9 Å². The Hall–Kier alpha value is -0.700. The Balaban J connectivity index is 3.93. The molecule has 0 saturated heterocycles. The molecule has 0 bridgehead atoms. The van der Waals surface area contributed by atoms with E-state index in [1.165, 1.54) is 0 Å². The number of nitrogens with two attached hydrogens (primary N) is 1. The number of nitrogens with zero attached hydrogens (tertiary/aromatic N) is 1. The fourth-order valence-corrected chi connectivity index (χ4v) is 2.18. The molecule has 0 aliphatic heterocycles. The highest BCUT2D eigenvalue weighted by atomic mass is 32.2. The molecule has 0 aromatic heterocycles. The van der Waals surface area contributed by atoms with Gasteiger partial charge in [-0.3, -0.25) is 4.79 Å². The van der Waals surface area contributed by atoms with Crippen LogP contribution in [0.2, 0.25) is 0 Å². The van der Waals surface area contributed by atoms with Gasteiger partial charge < -0.3 is 15.7 Å². The summed E-state index contributed by atoms with van der Waals surface area (Å²) in [6, 6.07) is -1.38. The second-order valence-corrected chi connectivity index (χ2v) is 5.63. The number of aliphatic carboxylic acids is 1. The Morgan fingerprint density at radius 2 is 2.06 bits per heavy atom. The van der Waals surface area contributed by atoms with Crippen LogP contribution in [0.25, 0.3) is 0 Å². The first-order valence-corrected chi connectivity index (χ1v) is 6.50. The minimum absolute atomic E-state index is 0.285. The summed E-state index contributed by atoms with van der Waals surface area (Å²) >= 11 is 0. The topological polar surface area (TPSA) is 113 Å². The molecule has 0 aromatic carbocycles. The van der Waals surface area contributed by atoms with Gasteiger partial charge in [-0.25, -0.2) is 13.1 Å². The van der Waals surface area contributed by atoms with E-state index in [0.29, 0.717) is 6.42 Å². The third kappa shape index (κ3) is 7.57. The van der Waals surface area contributed by atoms with Crippen LogP contribution in [-0.2, 0) is 14.8 Å². The van der Waals surface area contributed by atoms with Crippen molar-refractivity contribution >= 4 is 16.0 Å². The van der Waals surface area contributed by atoms with E-state index in [-0.39, 0.29) is 6.54 Å². The Bertz CT molecular complexity index is 315. The lowest BCUT2D eigenvalue weighted by Gasteiger charge is -2.11. The van der Waals surface area contributed by atoms with Gasteiger partial charge in [-0.1, -0.05) is 0 Å². The minimum Gasteiger partial charge on any atom is -0.480 e. The second kappa shape index (κ2) is 6.79. The number of hydrogen-bond donors (Lipinski definition) is 3. The molecular weight excluding hydrogens is 234 g/mol. The van der Waals surface area contributed by atoms with Crippen LogP contribution < -0.4 is 10.5 Å². The maximum Gasteiger partial charge on any atom is 0.321 e. The van der Waals surface area contributed by atoms with Crippen LogP contribution in [-0.4, -0.2) is 63.4 Å². The summed E-state index contributed by atoms with van der Waals surface area (Å²) in [4.78, 5) is 12.3. The van der Waals surface area contributed by atoms with E-state index in [0.717, 1.165) is 6.54 Å². The molecule has 0 saturated carbocycles. The van der Waals surface area contributed by atoms with E-state index >= 15 is 0 Å². The zero-order valence-corrected chi connectivity index (χ0v) is 10.3. The zero-order valence-electron chi connectivity index (χ0n) is 9.51. The van der Waals surface area contributed by atoms with E-state index in [9.17, 15) is 13.2 Å². The first-order chi connectivity index (χ1) is 7.24. The van der Waals surface area contributed by atoms with Gasteiger partial charge in [0.1, 0.15) is 6.04 Å². The summed E-state index contributed by atoms with van der Waals surface area (Å²) in [6.45, 7) is 1.04. The molecule has 96 valence electrons. The third-order valence-electron chi connectivity index (χ3n) is 1.82. The number of carbonyl (C=O) groups is 1. The van der Waals surface area contributed by atoms with Crippen molar-refractivity contribution in [3.63, 3.8) is 0 Å². The molecule has 0 heterocycles. The smallest absolute Gasteiger partial charge is 0.321 e. The first-order valence-electron chi connectivity index (χ1n) is 4.85. The minimum atomic E-state index is -3.60. The molecule has 0 amide bonds. The van der Waals surface area contributed by atoms with Crippen LogP contribution in [0.4, 0.5) is 0 Å². The van der Waals surface area contributed by atoms with Crippen LogP contribution in [0.3, 0.4) is 0 Å². The third-order valence-corrected chi connectivity index (χ3v) is 3.26. The normalized spacial score (nSPS) is 14.0. The fourth-order valence-electron chi connectivity index (χ4n) is 0.990. The summed E-state index contributed by atoms with van der Waals surface area (Å²) in [7, 11) is 0.169. The largest absolute Gasteiger partial charge is 0.480 e. The number of carboxylic acid groups (broad SMARTS) is 1. The Kier molecular flexibility index (Phi) is 6.49. The van der Waals surface area contributed by atoms with Crippen molar-refractivity contribution in [1.82, 2.24) is 9.62 Å². The van der Waals surface area contributed by atoms with Gasteiger partial charge in [0.15, 0.2) is 0 Å². The zero-order chi connectivity index (χ0) is 12.8. The summed E-state index contributed by atoms with van der Waals surface area (Å²) < 4.78 is 24.9. The van der Waals surface area contributed by atoms with Gasteiger partial charge in [0.25, 0.3) is 0 Å². The Morgan fingerprint density at radius 3 is 2.50 bits per heavy atom. The predicted molar refractivity (Wildman–Crippen MR) is 60.6 cm³/mol. The fraction of sp³-hybridized carbons (Fsp3) is 0.875. The van der Waals surface area contributed by atoms with Crippen LogP contribution >= 0.6 is 0 Å². The molecule has 4 N–H and O–H groups in total. The Morgan fingerprint density at radius 1 is 1.50 bits per heavy atom. The molecule has 0 radical (unpaired) electrons. The highest BCUT2D eigenvalue weighted by Gasteiger charge is 2.20. The lowest BCUT2D eigenvalue weighted by Crippen LogP contribution is -2.42. The van der Waals surface area contributed by atoms with Crippen molar-refractivity contribution in [2.24, 2.45) is 5.73 Å². The first kappa shape index (κ1) is 15.3. The number of sulfonamides is 1. The standard InChI is InChI=1S/C8H19N3O4S/c1-11(2)5-3-4-10-16(14,15)6-7(9)8(12)13/h7,10H,3-6,9H2,1-2H3,(H,12,13). The molecule has 1 unspecified atom stereocenters. The van der Waals surface area contributed by atoms with Crippen LogP contribution in [0.15, 0.2) is 0 Å². The SMILES string of the molecule is CN(C)CCCNS(=O)(=O)CC(N)C(=O)O. The lowest BCUT2D eigenvalue weighted by atomic mass is 10.4. The molecule has 0 aromatic rings. The van der Waals surface area contributed by atoms with Crippen molar-refractivity contribution in [3.8, 4) is 0 Å². The molecule has 0 aliphatic rings. The van der Waals surface area contributed by atoms with Crippen molar-refractivity contribution < 1.29 is 18.3 Å². The highest BCUT2D eigenvalue weighted by Crippen LogP contribution is 1.90. The average molecular weight is 253 g/mol. The summed E-state index contributed by atoms with van der Waals surface area (Å²) in [5, 5.41) is 8.47. The Labute approximate surface area is 95.7 Å². The molecule has 0 spiro atoms. The van der Waals surface area contributed by atoms with Gasteiger partial charge in [-0.15, -0.1) is 0 Å². The van der Waals surface area contributed by atoms with E-state index in [4.69, 9.17) is 10.8 Å². The summed E-state index contributed by atoms with van der Waals surface area (Å²) in [5.74, 6) is -1.91. The highest BCUT2D eigenvalue weighted by molar-refractivity contribution is 7.89. The molecule has 0 fully saturated rings. The predicted octanol–water partition coefficient (Wildman–Crippen LogP) is -1.73. The monoisotopic (exact) mass is 253 g/mol. The summed E-state index contributed by atoms with van der Waals surface area (Å²) in [5.41, 5.74) is 5.13. The van der Waals surface area contributed by atoms with Crippen molar-refractivity contribution in [3.05, 3.63) is 0 Å². The quantitative estimate of drug-likeness (QED) is 0.443. The molecule has 8 heteroatoms. The maximum atomic E-state index is 11.3. The van der Waals surface area contributed by atoms with Crippen LogP contribution in [0.5, 0.6) is 0 Å². The second-order valence-electron chi connectivity index (χ2n) is 3.78. The maximum absolute atomic E-state index is 11.3. The molecule has 0 aliphatic carbocycles. The molecular formula is C8H19N3O4S. The number of nitrogens with one attached hydrogen (secondary N) is 1. The van der Waals surface area contributed by atoms with Gasteiger partial charge in [0.2, 0.25) is 10.0 Å². The van der Waals surface area contributed by atoms with Gasteiger partial charge in [0.05, 0.1) is 5.75 Å². The molecule has 1 atom stereocenters. The number of hydrogen-bond acceptors (Lipinski definition) is 5.